The van der Waals surface area contributed by atoms with E-state index in [1.54, 1.807) is 30.3 Å². The summed E-state index contributed by atoms with van der Waals surface area (Å²) in [5, 5.41) is 20.4. The van der Waals surface area contributed by atoms with Crippen LogP contribution in [0.15, 0.2) is 30.3 Å². The number of carbonyl (C=O) groups excluding carboxylic acids is 2. The number of carbonyl (C=O) groups is 2. The summed E-state index contributed by atoms with van der Waals surface area (Å²) in [6.45, 7) is 3.31. The molecule has 0 saturated carbocycles. The molecule has 5 atom stereocenters. The molecule has 0 amide bonds. The van der Waals surface area contributed by atoms with Crippen LogP contribution in [0.1, 0.15) is 101 Å². The van der Waals surface area contributed by atoms with Gasteiger partial charge in [-0.15, -0.1) is 0 Å². The molecular formula is C29H46O8. The molecule has 1 aliphatic rings. The molecule has 1 aromatic carbocycles. The van der Waals surface area contributed by atoms with E-state index in [-0.39, 0.29) is 5.56 Å². The van der Waals surface area contributed by atoms with Crippen molar-refractivity contribution in [2.24, 2.45) is 0 Å². The van der Waals surface area contributed by atoms with Crippen LogP contribution in [0.3, 0.4) is 0 Å². The third kappa shape index (κ3) is 11.5. The zero-order valence-electron chi connectivity index (χ0n) is 22.5. The Balaban J connectivity index is 1.80. The number of rotatable bonds is 18. The summed E-state index contributed by atoms with van der Waals surface area (Å²) >= 11 is 0. The number of ether oxygens (including phenoxy) is 4. The molecule has 0 aliphatic carbocycles. The molecule has 1 fully saturated rings. The normalized spacial score (nSPS) is 23.5. The van der Waals surface area contributed by atoms with E-state index in [0.29, 0.717) is 6.61 Å². The fourth-order valence-corrected chi connectivity index (χ4v) is 4.54. The summed E-state index contributed by atoms with van der Waals surface area (Å²) in [4.78, 5) is 24.5. The van der Waals surface area contributed by atoms with E-state index >= 15 is 0 Å². The van der Waals surface area contributed by atoms with Gasteiger partial charge in [-0.2, -0.15) is 0 Å². The Morgan fingerprint density at radius 1 is 0.838 bits per heavy atom. The van der Waals surface area contributed by atoms with Gasteiger partial charge in [-0.25, -0.2) is 4.79 Å². The van der Waals surface area contributed by atoms with Gasteiger partial charge in [-0.1, -0.05) is 95.8 Å². The minimum absolute atomic E-state index is 0.289. The Morgan fingerprint density at radius 2 is 1.41 bits per heavy atom. The molecule has 0 spiro atoms. The Kier molecular flexibility index (Phi) is 15.4. The van der Waals surface area contributed by atoms with Gasteiger partial charge < -0.3 is 29.2 Å². The summed E-state index contributed by atoms with van der Waals surface area (Å²) in [6.07, 6.45) is 8.69. The van der Waals surface area contributed by atoms with E-state index in [2.05, 4.69) is 6.92 Å². The quantitative estimate of drug-likeness (QED) is 0.206. The molecule has 2 N–H and O–H groups in total. The van der Waals surface area contributed by atoms with Gasteiger partial charge in [-0.05, 0) is 18.6 Å². The number of unbranched alkanes of at least 4 members (excludes halogenated alkanes) is 11. The minimum Gasteiger partial charge on any atom is -0.453 e. The van der Waals surface area contributed by atoms with E-state index in [9.17, 15) is 19.8 Å². The van der Waals surface area contributed by atoms with Crippen LogP contribution < -0.4 is 0 Å². The van der Waals surface area contributed by atoms with Gasteiger partial charge in [-0.3, -0.25) is 4.79 Å². The number of aliphatic hydroxyl groups is 2. The van der Waals surface area contributed by atoms with Gasteiger partial charge in [0.05, 0.1) is 12.2 Å². The molecule has 0 bridgehead atoms. The lowest BCUT2D eigenvalue weighted by Gasteiger charge is -2.42. The second-order valence-corrected chi connectivity index (χ2v) is 9.79. The second kappa shape index (κ2) is 18.3. The number of hydrogen-bond acceptors (Lipinski definition) is 8. The Bertz CT molecular complexity index is 756. The van der Waals surface area contributed by atoms with Crippen molar-refractivity contribution in [1.82, 2.24) is 0 Å². The third-order valence-corrected chi connectivity index (χ3v) is 6.63. The topological polar surface area (TPSA) is 112 Å². The Hall–Kier alpha value is -2.00. The molecule has 1 heterocycles. The summed E-state index contributed by atoms with van der Waals surface area (Å²) in [6, 6.07) is 8.32. The van der Waals surface area contributed by atoms with Gasteiger partial charge in [0.1, 0.15) is 12.2 Å². The van der Waals surface area contributed by atoms with Gasteiger partial charge in [0.25, 0.3) is 0 Å². The first-order valence-corrected chi connectivity index (χ1v) is 14.0. The van der Waals surface area contributed by atoms with Crippen LogP contribution in [0.2, 0.25) is 0 Å². The standard InChI is InChI=1S/C29H46O8/c1-3-4-5-6-7-8-9-10-11-12-13-17-20-34-29-27(35-22(2)31)26(25(32)24(21-30)36-29)37-28(33)23-18-15-14-16-19-23/h14-16,18-19,24-27,29-30,32H,3-13,17,20-21H2,1-2H3/t24-,25+,26+,27-,29-/m1/s1. The van der Waals surface area contributed by atoms with Crippen LogP contribution >= 0.6 is 0 Å². The molecular weight excluding hydrogens is 476 g/mol. The van der Waals surface area contributed by atoms with Crippen LogP contribution in [0.5, 0.6) is 0 Å². The van der Waals surface area contributed by atoms with Crippen LogP contribution in [0.4, 0.5) is 0 Å². The molecule has 0 unspecified atom stereocenters. The minimum atomic E-state index is -1.39. The molecule has 2 rings (SSSR count). The van der Waals surface area contributed by atoms with E-state index in [1.165, 1.54) is 64.7 Å². The highest BCUT2D eigenvalue weighted by Gasteiger charge is 2.50. The lowest BCUT2D eigenvalue weighted by molar-refractivity contribution is -0.303. The average Bonchev–Trinajstić information content (AvgIpc) is 2.90. The number of hydrogen-bond donors (Lipinski definition) is 2. The van der Waals surface area contributed by atoms with Crippen LogP contribution in [0.25, 0.3) is 0 Å². The Labute approximate surface area is 221 Å². The number of aliphatic hydroxyl groups excluding tert-OH is 2. The molecule has 37 heavy (non-hydrogen) atoms. The first-order valence-electron chi connectivity index (χ1n) is 14.0. The van der Waals surface area contributed by atoms with Crippen molar-refractivity contribution in [3.63, 3.8) is 0 Å². The van der Waals surface area contributed by atoms with Crippen molar-refractivity contribution < 1.29 is 38.7 Å². The lowest BCUT2D eigenvalue weighted by atomic mass is 9.98. The maximum atomic E-state index is 12.7. The highest BCUT2D eigenvalue weighted by Crippen LogP contribution is 2.28. The highest BCUT2D eigenvalue weighted by atomic mass is 16.7. The van der Waals surface area contributed by atoms with Crippen molar-refractivity contribution in [2.75, 3.05) is 13.2 Å². The van der Waals surface area contributed by atoms with Gasteiger partial charge >= 0.3 is 11.9 Å². The van der Waals surface area contributed by atoms with Crippen LogP contribution in [-0.2, 0) is 23.7 Å². The average molecular weight is 523 g/mol. The van der Waals surface area contributed by atoms with E-state index in [0.717, 1.165) is 19.3 Å². The zero-order chi connectivity index (χ0) is 26.9. The van der Waals surface area contributed by atoms with Crippen molar-refractivity contribution >= 4 is 11.9 Å². The number of benzene rings is 1. The predicted molar refractivity (Wildman–Crippen MR) is 140 cm³/mol. The van der Waals surface area contributed by atoms with Crippen LogP contribution in [-0.4, -0.2) is 66.1 Å². The summed E-state index contributed by atoms with van der Waals surface area (Å²) < 4.78 is 22.5. The van der Waals surface area contributed by atoms with E-state index < -0.39 is 49.3 Å². The van der Waals surface area contributed by atoms with Crippen molar-refractivity contribution in [2.45, 2.75) is 122 Å². The SMILES string of the molecule is CCCCCCCCCCCCCCO[C@@H]1O[C@H](CO)[C@H](O)[C@H](OC(=O)c2ccccc2)[C@H]1OC(C)=O. The Morgan fingerprint density at radius 3 is 1.95 bits per heavy atom. The fraction of sp³-hybridized carbons (Fsp3) is 0.724. The maximum Gasteiger partial charge on any atom is 0.338 e. The number of esters is 2. The fourth-order valence-electron chi connectivity index (χ4n) is 4.54. The lowest BCUT2D eigenvalue weighted by Crippen LogP contribution is -2.61. The smallest absolute Gasteiger partial charge is 0.338 e. The van der Waals surface area contributed by atoms with Crippen LogP contribution in [0, 0.1) is 0 Å². The summed E-state index contributed by atoms with van der Waals surface area (Å²) in [5.74, 6) is -1.30. The van der Waals surface area contributed by atoms with Crippen molar-refractivity contribution in [3.05, 3.63) is 35.9 Å². The molecule has 1 aromatic rings. The van der Waals surface area contributed by atoms with Crippen molar-refractivity contribution in [1.29, 1.82) is 0 Å². The van der Waals surface area contributed by atoms with E-state index in [4.69, 9.17) is 18.9 Å². The summed E-state index contributed by atoms with van der Waals surface area (Å²) in [5.41, 5.74) is 0.289. The molecule has 0 aromatic heterocycles. The molecule has 8 nitrogen and oxygen atoms in total. The third-order valence-electron chi connectivity index (χ3n) is 6.63. The molecule has 0 radical (unpaired) electrons. The first kappa shape index (κ1) is 31.2. The predicted octanol–water partition coefficient (Wildman–Crippen LogP) is 4.94. The zero-order valence-corrected chi connectivity index (χ0v) is 22.5. The van der Waals surface area contributed by atoms with E-state index in [1.807, 2.05) is 0 Å². The molecule has 210 valence electrons. The van der Waals surface area contributed by atoms with Crippen molar-refractivity contribution in [3.8, 4) is 0 Å². The van der Waals surface area contributed by atoms with Gasteiger partial charge in [0, 0.05) is 13.5 Å². The van der Waals surface area contributed by atoms with Gasteiger partial charge in [0.2, 0.25) is 0 Å². The molecule has 1 aliphatic heterocycles. The first-order chi connectivity index (χ1) is 18.0. The van der Waals surface area contributed by atoms with Gasteiger partial charge in [0.15, 0.2) is 18.5 Å². The molecule has 1 saturated heterocycles. The maximum absolute atomic E-state index is 12.7. The highest BCUT2D eigenvalue weighted by molar-refractivity contribution is 5.89. The second-order valence-electron chi connectivity index (χ2n) is 9.79. The monoisotopic (exact) mass is 522 g/mol. The molecule has 8 heteroatoms. The largest absolute Gasteiger partial charge is 0.453 e. The summed E-state index contributed by atoms with van der Waals surface area (Å²) in [7, 11) is 0.